The predicted molar refractivity (Wildman–Crippen MR) is 69.0 cm³/mol. The molecule has 16 heavy (non-hydrogen) atoms. The Hall–Kier alpha value is -1.28. The number of nitrogens with one attached hydrogen (secondary N) is 1. The van der Waals surface area contributed by atoms with E-state index >= 15 is 0 Å². The first-order valence-corrected chi connectivity index (χ1v) is 5.68. The summed E-state index contributed by atoms with van der Waals surface area (Å²) in [5.41, 5.74) is 2.47. The minimum atomic E-state index is 0.301. The first-order chi connectivity index (χ1) is 7.69. The molecule has 0 aromatic heterocycles. The molecule has 0 amide bonds. The molecule has 0 saturated carbocycles. The summed E-state index contributed by atoms with van der Waals surface area (Å²) in [4.78, 5) is 0. The zero-order chi connectivity index (χ0) is 12.0. The van der Waals surface area contributed by atoms with Gasteiger partial charge in [-0.15, -0.1) is 6.58 Å². The summed E-state index contributed by atoms with van der Waals surface area (Å²) in [6.07, 6.45) is 2.91. The quantitative estimate of drug-likeness (QED) is 0.586. The maximum atomic E-state index is 5.37. The molecule has 0 radical (unpaired) electrons. The molecule has 0 bridgehead atoms. The van der Waals surface area contributed by atoms with Crippen molar-refractivity contribution in [2.45, 2.75) is 26.3 Å². The van der Waals surface area contributed by atoms with Crippen molar-refractivity contribution in [2.75, 3.05) is 13.7 Å². The minimum Gasteiger partial charge on any atom is -0.496 e. The lowest BCUT2D eigenvalue weighted by Crippen LogP contribution is -2.20. The van der Waals surface area contributed by atoms with Crippen LogP contribution in [0.5, 0.6) is 5.75 Å². The van der Waals surface area contributed by atoms with Crippen molar-refractivity contribution >= 4 is 0 Å². The normalized spacial score (nSPS) is 12.2. The third-order valence-corrected chi connectivity index (χ3v) is 2.65. The van der Waals surface area contributed by atoms with Crippen LogP contribution in [0.15, 0.2) is 30.9 Å². The second-order valence-electron chi connectivity index (χ2n) is 4.00. The maximum Gasteiger partial charge on any atom is 0.123 e. The topological polar surface area (TPSA) is 21.3 Å². The maximum absolute atomic E-state index is 5.37. The first kappa shape index (κ1) is 12.8. The molecule has 1 unspecified atom stereocenters. The van der Waals surface area contributed by atoms with Gasteiger partial charge < -0.3 is 10.1 Å². The van der Waals surface area contributed by atoms with Crippen molar-refractivity contribution in [3.8, 4) is 5.75 Å². The Balaban J connectivity index is 2.75. The second-order valence-corrected chi connectivity index (χ2v) is 4.00. The Morgan fingerprint density at radius 3 is 2.88 bits per heavy atom. The van der Waals surface area contributed by atoms with Gasteiger partial charge in [-0.3, -0.25) is 0 Å². The Morgan fingerprint density at radius 2 is 2.25 bits per heavy atom. The van der Waals surface area contributed by atoms with E-state index in [1.165, 1.54) is 11.1 Å². The third kappa shape index (κ3) is 3.38. The fourth-order valence-corrected chi connectivity index (χ4v) is 1.70. The van der Waals surface area contributed by atoms with E-state index in [1.807, 2.05) is 12.1 Å². The molecule has 88 valence electrons. The molecule has 1 aromatic rings. The van der Waals surface area contributed by atoms with E-state index in [-0.39, 0.29) is 0 Å². The van der Waals surface area contributed by atoms with Crippen molar-refractivity contribution < 1.29 is 4.74 Å². The molecular weight excluding hydrogens is 198 g/mol. The summed E-state index contributed by atoms with van der Waals surface area (Å²) >= 11 is 0. The first-order valence-electron chi connectivity index (χ1n) is 5.68. The van der Waals surface area contributed by atoms with E-state index in [1.54, 1.807) is 7.11 Å². The van der Waals surface area contributed by atoms with Crippen LogP contribution in [0.1, 0.15) is 30.5 Å². The highest BCUT2D eigenvalue weighted by atomic mass is 16.5. The zero-order valence-corrected chi connectivity index (χ0v) is 10.4. The molecule has 0 spiro atoms. The standard InChI is InChI=1S/C14H21NO/c1-5-6-9-15-12(3)13-10-11(2)7-8-14(13)16-4/h5,7-8,10,12,15H,1,6,9H2,2-4H3. The lowest BCUT2D eigenvalue weighted by Gasteiger charge is -2.17. The van der Waals surface area contributed by atoms with Crippen LogP contribution in [-0.2, 0) is 0 Å². The summed E-state index contributed by atoms with van der Waals surface area (Å²) in [5, 5.41) is 3.45. The molecule has 0 heterocycles. The van der Waals surface area contributed by atoms with Crippen LogP contribution >= 0.6 is 0 Å². The van der Waals surface area contributed by atoms with Crippen molar-refractivity contribution in [3.63, 3.8) is 0 Å². The molecule has 0 fully saturated rings. The van der Waals surface area contributed by atoms with E-state index in [0.29, 0.717) is 6.04 Å². The molecule has 1 aromatic carbocycles. The van der Waals surface area contributed by atoms with Gasteiger partial charge in [-0.05, 0) is 32.9 Å². The molecular formula is C14H21NO. The highest BCUT2D eigenvalue weighted by Gasteiger charge is 2.10. The van der Waals surface area contributed by atoms with Gasteiger partial charge in [0.2, 0.25) is 0 Å². The summed E-state index contributed by atoms with van der Waals surface area (Å²) in [7, 11) is 1.71. The fraction of sp³-hybridized carbons (Fsp3) is 0.429. The number of hydrogen-bond donors (Lipinski definition) is 1. The molecule has 2 nitrogen and oxygen atoms in total. The minimum absolute atomic E-state index is 0.301. The number of methoxy groups -OCH3 is 1. The molecule has 1 rings (SSSR count). The Morgan fingerprint density at radius 1 is 1.50 bits per heavy atom. The number of aryl methyl sites for hydroxylation is 1. The van der Waals surface area contributed by atoms with Gasteiger partial charge in [0, 0.05) is 11.6 Å². The van der Waals surface area contributed by atoms with Crippen molar-refractivity contribution in [1.82, 2.24) is 5.32 Å². The van der Waals surface area contributed by atoms with Crippen LogP contribution in [0.25, 0.3) is 0 Å². The molecule has 0 aliphatic heterocycles. The van der Waals surface area contributed by atoms with Crippen molar-refractivity contribution in [1.29, 1.82) is 0 Å². The van der Waals surface area contributed by atoms with Gasteiger partial charge >= 0.3 is 0 Å². The average Bonchev–Trinajstić information content (AvgIpc) is 2.29. The summed E-state index contributed by atoms with van der Waals surface area (Å²) < 4.78 is 5.37. The average molecular weight is 219 g/mol. The Kier molecular flexibility index (Phi) is 5.06. The van der Waals surface area contributed by atoms with Crippen molar-refractivity contribution in [2.24, 2.45) is 0 Å². The third-order valence-electron chi connectivity index (χ3n) is 2.65. The van der Waals surface area contributed by atoms with E-state index in [9.17, 15) is 0 Å². The number of hydrogen-bond acceptors (Lipinski definition) is 2. The molecule has 0 aliphatic rings. The smallest absolute Gasteiger partial charge is 0.123 e. The molecule has 1 atom stereocenters. The summed E-state index contributed by atoms with van der Waals surface area (Å²) in [6.45, 7) is 8.91. The SMILES string of the molecule is C=CCCNC(C)c1cc(C)ccc1OC. The van der Waals surface area contributed by atoms with Crippen LogP contribution in [0.3, 0.4) is 0 Å². The van der Waals surface area contributed by atoms with E-state index in [4.69, 9.17) is 4.74 Å². The molecule has 0 aliphatic carbocycles. The highest BCUT2D eigenvalue weighted by Crippen LogP contribution is 2.25. The van der Waals surface area contributed by atoms with E-state index in [0.717, 1.165) is 18.7 Å². The fourth-order valence-electron chi connectivity index (χ4n) is 1.70. The van der Waals surface area contributed by atoms with Crippen LogP contribution in [-0.4, -0.2) is 13.7 Å². The van der Waals surface area contributed by atoms with Crippen LogP contribution in [0, 0.1) is 6.92 Å². The van der Waals surface area contributed by atoms with Gasteiger partial charge in [0.25, 0.3) is 0 Å². The van der Waals surface area contributed by atoms with Gasteiger partial charge in [-0.2, -0.15) is 0 Å². The monoisotopic (exact) mass is 219 g/mol. The predicted octanol–water partition coefficient (Wildman–Crippen LogP) is 3.23. The zero-order valence-electron chi connectivity index (χ0n) is 10.4. The van der Waals surface area contributed by atoms with Gasteiger partial charge in [0.15, 0.2) is 0 Å². The number of ether oxygens (including phenoxy) is 1. The second kappa shape index (κ2) is 6.33. The van der Waals surface area contributed by atoms with Gasteiger partial charge in [-0.25, -0.2) is 0 Å². The highest BCUT2D eigenvalue weighted by molar-refractivity contribution is 5.38. The molecule has 0 saturated heterocycles. The van der Waals surface area contributed by atoms with Gasteiger partial charge in [0.05, 0.1) is 7.11 Å². The molecule has 2 heteroatoms. The Bertz CT molecular complexity index is 347. The van der Waals surface area contributed by atoms with Crippen LogP contribution in [0.4, 0.5) is 0 Å². The van der Waals surface area contributed by atoms with E-state index in [2.05, 4.69) is 37.9 Å². The van der Waals surface area contributed by atoms with Crippen LogP contribution in [0.2, 0.25) is 0 Å². The lowest BCUT2D eigenvalue weighted by atomic mass is 10.0. The Labute approximate surface area is 98.3 Å². The number of rotatable bonds is 6. The largest absolute Gasteiger partial charge is 0.496 e. The summed E-state index contributed by atoms with van der Waals surface area (Å²) in [5.74, 6) is 0.948. The number of benzene rings is 1. The van der Waals surface area contributed by atoms with Gasteiger partial charge in [-0.1, -0.05) is 23.8 Å². The van der Waals surface area contributed by atoms with E-state index < -0.39 is 0 Å². The van der Waals surface area contributed by atoms with Crippen LogP contribution < -0.4 is 10.1 Å². The van der Waals surface area contributed by atoms with Crippen molar-refractivity contribution in [3.05, 3.63) is 42.0 Å². The molecule has 1 N–H and O–H groups in total. The summed E-state index contributed by atoms with van der Waals surface area (Å²) in [6, 6.07) is 6.56. The van der Waals surface area contributed by atoms with Gasteiger partial charge in [0.1, 0.15) is 5.75 Å². The lowest BCUT2D eigenvalue weighted by molar-refractivity contribution is 0.402.